The average molecular weight is 242 g/mol. The van der Waals surface area contributed by atoms with Gasteiger partial charge < -0.3 is 5.32 Å². The summed E-state index contributed by atoms with van der Waals surface area (Å²) in [6.07, 6.45) is 5.92. The Morgan fingerprint density at radius 1 is 1.67 bits per heavy atom. The molecule has 1 aromatic heterocycles. The molecule has 84 valence electrons. The normalized spacial score (nSPS) is 23.1. The van der Waals surface area contributed by atoms with E-state index in [1.54, 1.807) is 11.3 Å². The van der Waals surface area contributed by atoms with Crippen LogP contribution in [0.2, 0.25) is 0 Å². The first-order valence-electron chi connectivity index (χ1n) is 5.62. The van der Waals surface area contributed by atoms with Crippen LogP contribution >= 0.6 is 23.1 Å². The molecule has 15 heavy (non-hydrogen) atoms. The van der Waals surface area contributed by atoms with Gasteiger partial charge in [0.25, 0.3) is 0 Å². The van der Waals surface area contributed by atoms with Gasteiger partial charge in [-0.1, -0.05) is 6.92 Å². The lowest BCUT2D eigenvalue weighted by Crippen LogP contribution is -2.38. The number of nitrogens with one attached hydrogen (secondary N) is 1. The summed E-state index contributed by atoms with van der Waals surface area (Å²) in [5.41, 5.74) is 1.93. The number of nitrogens with zero attached hydrogens (tertiary/aromatic N) is 1. The Balaban J connectivity index is 1.93. The van der Waals surface area contributed by atoms with E-state index in [1.165, 1.54) is 23.5 Å². The number of hydrogen-bond acceptors (Lipinski definition) is 4. The summed E-state index contributed by atoms with van der Waals surface area (Å²) in [6.45, 7) is 3.26. The maximum atomic E-state index is 4.15. The van der Waals surface area contributed by atoms with Gasteiger partial charge in [-0.15, -0.1) is 11.3 Å². The topological polar surface area (TPSA) is 24.9 Å². The van der Waals surface area contributed by atoms with Crippen LogP contribution in [0, 0.1) is 0 Å². The fourth-order valence-corrected chi connectivity index (χ4v) is 4.13. The van der Waals surface area contributed by atoms with Gasteiger partial charge in [0.2, 0.25) is 0 Å². The number of likely N-dealkylation sites (N-methyl/N-ethyl adjacent to an activating group) is 1. The monoisotopic (exact) mass is 242 g/mol. The fraction of sp³-hybridized carbons (Fsp3) is 0.727. The molecule has 2 rings (SSSR count). The van der Waals surface area contributed by atoms with E-state index in [0.717, 1.165) is 18.2 Å². The zero-order chi connectivity index (χ0) is 10.5. The van der Waals surface area contributed by atoms with E-state index in [1.807, 2.05) is 11.7 Å². The van der Waals surface area contributed by atoms with Crippen LogP contribution in [0.3, 0.4) is 0 Å². The summed E-state index contributed by atoms with van der Waals surface area (Å²) < 4.78 is 0. The Morgan fingerprint density at radius 2 is 2.60 bits per heavy atom. The molecule has 2 nitrogen and oxygen atoms in total. The molecule has 1 aliphatic rings. The number of aromatic nitrogens is 1. The van der Waals surface area contributed by atoms with Crippen LogP contribution in [-0.4, -0.2) is 28.6 Å². The molecule has 0 saturated carbocycles. The molecule has 1 fully saturated rings. The Labute approximate surface area is 99.9 Å². The second kappa shape index (κ2) is 5.87. The first kappa shape index (κ1) is 11.4. The van der Waals surface area contributed by atoms with E-state index in [4.69, 9.17) is 0 Å². The van der Waals surface area contributed by atoms with Gasteiger partial charge in [0.1, 0.15) is 0 Å². The molecule has 1 saturated heterocycles. The van der Waals surface area contributed by atoms with E-state index in [2.05, 4.69) is 29.0 Å². The minimum Gasteiger partial charge on any atom is -0.313 e. The predicted octanol–water partition coefficient (Wildman–Crippen LogP) is 2.56. The van der Waals surface area contributed by atoms with Crippen molar-refractivity contribution in [3.63, 3.8) is 0 Å². The molecule has 4 heteroatoms. The minimum absolute atomic E-state index is 0.642. The highest BCUT2D eigenvalue weighted by Crippen LogP contribution is 2.30. The Morgan fingerprint density at radius 3 is 3.20 bits per heavy atom. The number of hydrogen-bond donors (Lipinski definition) is 1. The van der Waals surface area contributed by atoms with E-state index in [0.29, 0.717) is 6.04 Å². The van der Waals surface area contributed by atoms with Crippen LogP contribution in [0.4, 0.5) is 0 Å². The zero-order valence-corrected chi connectivity index (χ0v) is 10.7. The molecule has 0 aliphatic carbocycles. The van der Waals surface area contributed by atoms with Crippen LogP contribution in [0.1, 0.15) is 24.6 Å². The van der Waals surface area contributed by atoms with Crippen molar-refractivity contribution in [3.8, 4) is 0 Å². The van der Waals surface area contributed by atoms with Crippen LogP contribution in [0.5, 0.6) is 0 Å². The smallest absolute Gasteiger partial charge is 0.0794 e. The molecule has 1 aromatic rings. The Bertz CT molecular complexity index is 268. The lowest BCUT2D eigenvalue weighted by molar-refractivity contribution is 0.498. The van der Waals surface area contributed by atoms with Gasteiger partial charge in [0, 0.05) is 22.4 Å². The first-order valence-corrected chi connectivity index (χ1v) is 7.55. The highest BCUT2D eigenvalue weighted by atomic mass is 32.2. The molecular formula is C11H18N2S2. The molecule has 1 N–H and O–H groups in total. The van der Waals surface area contributed by atoms with E-state index in [9.17, 15) is 0 Å². The number of thioether (sulfide) groups is 1. The first-order chi connectivity index (χ1) is 7.40. The van der Waals surface area contributed by atoms with Crippen LogP contribution < -0.4 is 5.32 Å². The summed E-state index contributed by atoms with van der Waals surface area (Å²) >= 11 is 3.91. The van der Waals surface area contributed by atoms with Crippen LogP contribution in [0.25, 0.3) is 0 Å². The quantitative estimate of drug-likeness (QED) is 0.859. The van der Waals surface area contributed by atoms with Crippen molar-refractivity contribution < 1.29 is 0 Å². The second-order valence-electron chi connectivity index (χ2n) is 3.89. The van der Waals surface area contributed by atoms with Crippen molar-refractivity contribution in [2.75, 3.05) is 12.3 Å². The molecule has 0 amide bonds. The standard InChI is InChI=1S/C11H18N2S2/c1-2-13-10(11-4-3-5-14-11)6-9-7-12-8-15-9/h7-8,10-11,13H,2-6H2,1H3. The molecule has 2 unspecified atom stereocenters. The van der Waals surface area contributed by atoms with E-state index >= 15 is 0 Å². The van der Waals surface area contributed by atoms with Gasteiger partial charge in [-0.25, -0.2) is 0 Å². The predicted molar refractivity (Wildman–Crippen MR) is 68.8 cm³/mol. The van der Waals surface area contributed by atoms with Crippen LogP contribution in [-0.2, 0) is 6.42 Å². The average Bonchev–Trinajstić information content (AvgIpc) is 2.89. The van der Waals surface area contributed by atoms with Gasteiger partial charge in [-0.2, -0.15) is 11.8 Å². The van der Waals surface area contributed by atoms with Crippen LogP contribution in [0.15, 0.2) is 11.7 Å². The van der Waals surface area contributed by atoms with Crippen molar-refractivity contribution in [3.05, 3.63) is 16.6 Å². The summed E-state index contributed by atoms with van der Waals surface area (Å²) in [7, 11) is 0. The third kappa shape index (κ3) is 3.20. The van der Waals surface area contributed by atoms with Gasteiger partial charge in [-0.3, -0.25) is 4.98 Å². The largest absolute Gasteiger partial charge is 0.313 e. The maximum absolute atomic E-state index is 4.15. The van der Waals surface area contributed by atoms with Gasteiger partial charge >= 0.3 is 0 Å². The summed E-state index contributed by atoms with van der Waals surface area (Å²) in [5.74, 6) is 1.34. The van der Waals surface area contributed by atoms with Crippen molar-refractivity contribution in [1.82, 2.24) is 10.3 Å². The number of thiazole rings is 1. The number of rotatable bonds is 5. The minimum atomic E-state index is 0.642. The van der Waals surface area contributed by atoms with Gasteiger partial charge in [0.05, 0.1) is 5.51 Å². The molecule has 0 radical (unpaired) electrons. The Kier molecular flexibility index (Phi) is 4.47. The van der Waals surface area contributed by atoms with E-state index < -0.39 is 0 Å². The molecule has 1 aliphatic heterocycles. The molecular weight excluding hydrogens is 224 g/mol. The molecule has 2 heterocycles. The zero-order valence-electron chi connectivity index (χ0n) is 9.11. The van der Waals surface area contributed by atoms with Gasteiger partial charge in [0.15, 0.2) is 0 Å². The SMILES string of the molecule is CCNC(Cc1cncs1)C1CCCS1. The summed E-state index contributed by atoms with van der Waals surface area (Å²) in [6, 6.07) is 0.642. The third-order valence-electron chi connectivity index (χ3n) is 2.78. The van der Waals surface area contributed by atoms with Crippen molar-refractivity contribution >= 4 is 23.1 Å². The van der Waals surface area contributed by atoms with Gasteiger partial charge in [-0.05, 0) is 31.6 Å². The second-order valence-corrected chi connectivity index (χ2v) is 6.21. The third-order valence-corrected chi connectivity index (χ3v) is 5.10. The molecule has 0 spiro atoms. The molecule has 0 bridgehead atoms. The van der Waals surface area contributed by atoms with Crippen molar-refractivity contribution in [1.29, 1.82) is 0 Å². The Hall–Kier alpha value is -0.0600. The highest BCUT2D eigenvalue weighted by Gasteiger charge is 2.25. The highest BCUT2D eigenvalue weighted by molar-refractivity contribution is 8.00. The molecule has 2 atom stereocenters. The summed E-state index contributed by atoms with van der Waals surface area (Å²) in [5, 5.41) is 4.43. The fourth-order valence-electron chi connectivity index (χ4n) is 2.08. The lowest BCUT2D eigenvalue weighted by atomic mass is 10.1. The van der Waals surface area contributed by atoms with Crippen molar-refractivity contribution in [2.45, 2.75) is 37.5 Å². The van der Waals surface area contributed by atoms with Crippen molar-refractivity contribution in [2.24, 2.45) is 0 Å². The van der Waals surface area contributed by atoms with E-state index in [-0.39, 0.29) is 0 Å². The maximum Gasteiger partial charge on any atom is 0.0794 e. The summed E-state index contributed by atoms with van der Waals surface area (Å²) in [4.78, 5) is 5.56. The lowest BCUT2D eigenvalue weighted by Gasteiger charge is -2.22. The molecule has 0 aromatic carbocycles.